The molecule has 0 bridgehead atoms. The van der Waals surface area contributed by atoms with Crippen molar-refractivity contribution in [3.05, 3.63) is 46.8 Å². The van der Waals surface area contributed by atoms with Gasteiger partial charge in [0.1, 0.15) is 0 Å². The summed E-state index contributed by atoms with van der Waals surface area (Å²) in [5, 5.41) is 15.2. The number of aromatic nitrogens is 2. The van der Waals surface area contributed by atoms with Crippen molar-refractivity contribution < 1.29 is 9.90 Å². The van der Waals surface area contributed by atoms with Gasteiger partial charge in [-0.15, -0.1) is 0 Å². The van der Waals surface area contributed by atoms with Gasteiger partial charge in [0.2, 0.25) is 0 Å². The van der Waals surface area contributed by atoms with Crippen molar-refractivity contribution >= 4 is 5.97 Å². The number of hydrogen-bond donors (Lipinski definition) is 0. The maximum Gasteiger partial charge on any atom is 0.0678 e. The van der Waals surface area contributed by atoms with E-state index in [-0.39, 0.29) is 6.42 Å². The van der Waals surface area contributed by atoms with E-state index in [9.17, 15) is 9.90 Å². The number of rotatable bonds is 3. The van der Waals surface area contributed by atoms with Gasteiger partial charge in [-0.3, -0.25) is 0 Å². The first-order valence-electron chi connectivity index (χ1n) is 5.81. The fraction of sp³-hybridized carbons (Fsp3) is 0.286. The molecule has 18 heavy (non-hydrogen) atoms. The van der Waals surface area contributed by atoms with E-state index in [2.05, 4.69) is 5.10 Å². The monoisotopic (exact) mass is 243 g/mol. The third-order valence-electron chi connectivity index (χ3n) is 3.11. The standard InChI is InChI=1S/C14H16N2O2/c1-9-6-4-5-7-13(9)16-11(3)12(8-14(17)18)10(2)15-16/h4-7H,8H2,1-3H3,(H,17,18)/p-1. The Morgan fingerprint density at radius 2 is 1.94 bits per heavy atom. The molecule has 1 heterocycles. The van der Waals surface area contributed by atoms with E-state index in [0.29, 0.717) is 0 Å². The van der Waals surface area contributed by atoms with Gasteiger partial charge in [0.25, 0.3) is 0 Å². The van der Waals surface area contributed by atoms with Crippen molar-refractivity contribution in [2.24, 2.45) is 0 Å². The SMILES string of the molecule is Cc1ccccc1-n1nc(C)c(CC(=O)[O-])c1C. The van der Waals surface area contributed by atoms with Crippen LogP contribution in [0.3, 0.4) is 0 Å². The number of aryl methyl sites for hydroxylation is 2. The predicted octanol–water partition coefficient (Wildman–Crippen LogP) is 1.09. The molecule has 0 aliphatic carbocycles. The number of benzene rings is 1. The molecule has 0 fully saturated rings. The zero-order chi connectivity index (χ0) is 13.3. The highest BCUT2D eigenvalue weighted by Crippen LogP contribution is 2.20. The molecule has 0 amide bonds. The van der Waals surface area contributed by atoms with Crippen LogP contribution in [-0.4, -0.2) is 15.7 Å². The molecule has 2 rings (SSSR count). The Hall–Kier alpha value is -2.10. The molecular formula is C14H15N2O2-. The Bertz CT molecular complexity index is 600. The molecule has 0 spiro atoms. The largest absolute Gasteiger partial charge is 0.550 e. The van der Waals surface area contributed by atoms with Crippen LogP contribution < -0.4 is 5.11 Å². The second kappa shape index (κ2) is 4.64. The molecule has 4 nitrogen and oxygen atoms in total. The smallest absolute Gasteiger partial charge is 0.0678 e. The number of para-hydroxylation sites is 1. The Morgan fingerprint density at radius 3 is 2.56 bits per heavy atom. The summed E-state index contributed by atoms with van der Waals surface area (Å²) in [6.45, 7) is 5.70. The Kier molecular flexibility index (Phi) is 3.19. The number of hydrogen-bond acceptors (Lipinski definition) is 3. The van der Waals surface area contributed by atoms with E-state index in [1.807, 2.05) is 45.0 Å². The molecule has 2 aromatic rings. The zero-order valence-corrected chi connectivity index (χ0v) is 10.7. The summed E-state index contributed by atoms with van der Waals surface area (Å²) >= 11 is 0. The second-order valence-corrected chi connectivity index (χ2v) is 4.40. The van der Waals surface area contributed by atoms with Crippen molar-refractivity contribution in [2.75, 3.05) is 0 Å². The highest BCUT2D eigenvalue weighted by Gasteiger charge is 2.13. The van der Waals surface area contributed by atoms with Gasteiger partial charge in [-0.05, 0) is 32.4 Å². The van der Waals surface area contributed by atoms with Gasteiger partial charge in [0.05, 0.1) is 11.4 Å². The van der Waals surface area contributed by atoms with E-state index in [4.69, 9.17) is 0 Å². The quantitative estimate of drug-likeness (QED) is 0.810. The number of carbonyl (C=O) groups is 1. The molecule has 0 radical (unpaired) electrons. The van der Waals surface area contributed by atoms with Gasteiger partial charge < -0.3 is 9.90 Å². The van der Waals surface area contributed by atoms with Crippen LogP contribution in [-0.2, 0) is 11.2 Å². The lowest BCUT2D eigenvalue weighted by Gasteiger charge is -2.08. The fourth-order valence-electron chi connectivity index (χ4n) is 2.11. The van der Waals surface area contributed by atoms with E-state index in [1.165, 1.54) is 0 Å². The molecular weight excluding hydrogens is 228 g/mol. The van der Waals surface area contributed by atoms with E-state index in [0.717, 1.165) is 28.2 Å². The third kappa shape index (κ3) is 2.14. The Labute approximate surface area is 106 Å². The van der Waals surface area contributed by atoms with E-state index < -0.39 is 5.97 Å². The zero-order valence-electron chi connectivity index (χ0n) is 10.7. The van der Waals surface area contributed by atoms with Crippen molar-refractivity contribution in [2.45, 2.75) is 27.2 Å². The van der Waals surface area contributed by atoms with Crippen LogP contribution in [0.1, 0.15) is 22.5 Å². The number of aliphatic carboxylic acids is 1. The minimum absolute atomic E-state index is 0.0937. The van der Waals surface area contributed by atoms with Crippen molar-refractivity contribution in [3.8, 4) is 5.69 Å². The first-order chi connectivity index (χ1) is 8.50. The fourth-order valence-corrected chi connectivity index (χ4v) is 2.11. The second-order valence-electron chi connectivity index (χ2n) is 4.40. The molecule has 0 saturated carbocycles. The van der Waals surface area contributed by atoms with Crippen LogP contribution in [0.4, 0.5) is 0 Å². The van der Waals surface area contributed by atoms with Gasteiger partial charge in [0, 0.05) is 23.6 Å². The minimum atomic E-state index is -1.08. The van der Waals surface area contributed by atoms with E-state index >= 15 is 0 Å². The molecule has 1 aromatic heterocycles. The first-order valence-corrected chi connectivity index (χ1v) is 5.81. The van der Waals surface area contributed by atoms with Gasteiger partial charge in [-0.2, -0.15) is 5.10 Å². The van der Waals surface area contributed by atoms with Gasteiger partial charge in [0.15, 0.2) is 0 Å². The summed E-state index contributed by atoms with van der Waals surface area (Å²) in [6, 6.07) is 7.88. The van der Waals surface area contributed by atoms with Gasteiger partial charge >= 0.3 is 0 Å². The van der Waals surface area contributed by atoms with Crippen LogP contribution in [0.5, 0.6) is 0 Å². The molecule has 4 heteroatoms. The first kappa shape index (κ1) is 12.4. The summed E-state index contributed by atoms with van der Waals surface area (Å²) in [7, 11) is 0. The lowest BCUT2D eigenvalue weighted by atomic mass is 10.1. The van der Waals surface area contributed by atoms with Crippen molar-refractivity contribution in [3.63, 3.8) is 0 Å². The Morgan fingerprint density at radius 1 is 1.28 bits per heavy atom. The maximum absolute atomic E-state index is 10.7. The average molecular weight is 243 g/mol. The molecule has 0 saturated heterocycles. The van der Waals surface area contributed by atoms with Gasteiger partial charge in [-0.25, -0.2) is 4.68 Å². The number of carbonyl (C=O) groups excluding carboxylic acids is 1. The number of carboxylic acid groups (broad SMARTS) is 1. The molecule has 0 aliphatic rings. The van der Waals surface area contributed by atoms with E-state index in [1.54, 1.807) is 4.68 Å². The average Bonchev–Trinajstić information content (AvgIpc) is 2.57. The molecule has 0 unspecified atom stereocenters. The normalized spacial score (nSPS) is 10.6. The molecule has 1 aromatic carbocycles. The summed E-state index contributed by atoms with van der Waals surface area (Å²) in [5.74, 6) is -1.08. The summed E-state index contributed by atoms with van der Waals surface area (Å²) in [6.07, 6.45) is -0.0937. The summed E-state index contributed by atoms with van der Waals surface area (Å²) < 4.78 is 1.79. The van der Waals surface area contributed by atoms with Crippen LogP contribution in [0, 0.1) is 20.8 Å². The van der Waals surface area contributed by atoms with Crippen LogP contribution >= 0.6 is 0 Å². The van der Waals surface area contributed by atoms with Crippen LogP contribution in [0.25, 0.3) is 5.69 Å². The predicted molar refractivity (Wildman–Crippen MR) is 66.5 cm³/mol. The molecule has 0 N–H and O–H groups in total. The Balaban J connectivity index is 2.54. The van der Waals surface area contributed by atoms with Crippen LogP contribution in [0.2, 0.25) is 0 Å². The lowest BCUT2D eigenvalue weighted by molar-refractivity contribution is -0.304. The maximum atomic E-state index is 10.7. The van der Waals surface area contributed by atoms with Crippen molar-refractivity contribution in [1.29, 1.82) is 0 Å². The summed E-state index contributed by atoms with van der Waals surface area (Å²) in [5.41, 5.74) is 4.40. The minimum Gasteiger partial charge on any atom is -0.550 e. The van der Waals surface area contributed by atoms with Crippen LogP contribution in [0.15, 0.2) is 24.3 Å². The van der Waals surface area contributed by atoms with Gasteiger partial charge in [-0.1, -0.05) is 18.2 Å². The molecule has 0 atom stereocenters. The number of nitrogens with zero attached hydrogens (tertiary/aromatic N) is 2. The summed E-state index contributed by atoms with van der Waals surface area (Å²) in [4.78, 5) is 10.7. The topological polar surface area (TPSA) is 58.0 Å². The highest BCUT2D eigenvalue weighted by atomic mass is 16.4. The van der Waals surface area contributed by atoms with Crippen molar-refractivity contribution in [1.82, 2.24) is 9.78 Å². The number of carboxylic acids is 1. The highest BCUT2D eigenvalue weighted by molar-refractivity contribution is 5.69. The molecule has 94 valence electrons. The lowest BCUT2D eigenvalue weighted by Crippen LogP contribution is -2.24. The third-order valence-corrected chi connectivity index (χ3v) is 3.11. The molecule has 0 aliphatic heterocycles.